The van der Waals surface area contributed by atoms with E-state index in [2.05, 4.69) is 0 Å². The van der Waals surface area contributed by atoms with Gasteiger partial charge >= 0.3 is 5.97 Å². The molecular formula is C10H14O4. The molecule has 1 aromatic heterocycles. The molecule has 0 bridgehead atoms. The van der Waals surface area contributed by atoms with Crippen LogP contribution in [0.3, 0.4) is 0 Å². The molecule has 0 aromatic carbocycles. The van der Waals surface area contributed by atoms with Crippen LogP contribution in [-0.4, -0.2) is 17.2 Å². The number of aliphatic carboxylic acids is 1. The van der Waals surface area contributed by atoms with Crippen LogP contribution in [0.1, 0.15) is 25.5 Å². The molecule has 4 nitrogen and oxygen atoms in total. The van der Waals surface area contributed by atoms with Crippen molar-refractivity contribution in [2.45, 2.75) is 32.5 Å². The van der Waals surface area contributed by atoms with Crippen LogP contribution in [-0.2, 0) is 16.1 Å². The summed E-state index contributed by atoms with van der Waals surface area (Å²) < 4.78 is 10.4. The summed E-state index contributed by atoms with van der Waals surface area (Å²) in [6.07, 6.45) is 2.05. The van der Waals surface area contributed by atoms with Gasteiger partial charge in [0.2, 0.25) is 0 Å². The Balaban J connectivity index is 2.30. The standard InChI is InChI=1S/C10H14O4/c1-2-8(6-10(11)12)14-7-9-4-3-5-13-9/h3-5,8H,2,6-7H2,1H3,(H,11,12). The van der Waals surface area contributed by atoms with Gasteiger partial charge in [-0.1, -0.05) is 6.92 Å². The summed E-state index contributed by atoms with van der Waals surface area (Å²) in [6.45, 7) is 2.23. The first kappa shape index (κ1) is 10.8. The van der Waals surface area contributed by atoms with Crippen LogP contribution >= 0.6 is 0 Å². The molecule has 1 aromatic rings. The normalized spacial score (nSPS) is 12.6. The number of ether oxygens (including phenoxy) is 1. The summed E-state index contributed by atoms with van der Waals surface area (Å²) >= 11 is 0. The second-order valence-corrected chi connectivity index (χ2v) is 3.02. The third-order valence-electron chi connectivity index (χ3n) is 1.90. The van der Waals surface area contributed by atoms with Crippen molar-refractivity contribution in [2.24, 2.45) is 0 Å². The van der Waals surface area contributed by atoms with Crippen LogP contribution in [0.4, 0.5) is 0 Å². The minimum atomic E-state index is -0.837. The third kappa shape index (κ3) is 3.62. The minimum absolute atomic E-state index is 0.0389. The SMILES string of the molecule is CCC(CC(=O)O)OCc1ccco1. The quantitative estimate of drug-likeness (QED) is 0.759. The predicted octanol–water partition coefficient (Wildman–Crippen LogP) is 2.05. The molecule has 4 heteroatoms. The fourth-order valence-corrected chi connectivity index (χ4v) is 1.11. The number of hydrogen-bond acceptors (Lipinski definition) is 3. The molecule has 0 saturated carbocycles. The Labute approximate surface area is 82.5 Å². The number of carboxylic acids is 1. The van der Waals surface area contributed by atoms with Crippen LogP contribution in [0.15, 0.2) is 22.8 Å². The molecule has 1 rings (SSSR count). The second kappa shape index (κ2) is 5.44. The summed E-state index contributed by atoms with van der Waals surface area (Å²) in [5.41, 5.74) is 0. The zero-order chi connectivity index (χ0) is 10.4. The number of carboxylic acid groups (broad SMARTS) is 1. The van der Waals surface area contributed by atoms with Gasteiger partial charge < -0.3 is 14.3 Å². The van der Waals surface area contributed by atoms with Crippen molar-refractivity contribution in [1.29, 1.82) is 0 Å². The molecule has 0 aliphatic heterocycles. The number of rotatable bonds is 6. The van der Waals surface area contributed by atoms with Gasteiger partial charge in [0.15, 0.2) is 0 Å². The highest BCUT2D eigenvalue weighted by Gasteiger charge is 2.11. The maximum absolute atomic E-state index is 10.4. The lowest BCUT2D eigenvalue weighted by molar-refractivity contribution is -0.140. The van der Waals surface area contributed by atoms with Crippen LogP contribution in [0, 0.1) is 0 Å². The summed E-state index contributed by atoms with van der Waals surface area (Å²) in [4.78, 5) is 10.4. The molecule has 78 valence electrons. The third-order valence-corrected chi connectivity index (χ3v) is 1.90. The van der Waals surface area contributed by atoms with Crippen molar-refractivity contribution in [1.82, 2.24) is 0 Å². The first-order valence-electron chi connectivity index (χ1n) is 4.58. The zero-order valence-electron chi connectivity index (χ0n) is 8.10. The highest BCUT2D eigenvalue weighted by atomic mass is 16.5. The molecule has 0 aliphatic rings. The minimum Gasteiger partial charge on any atom is -0.481 e. The highest BCUT2D eigenvalue weighted by molar-refractivity contribution is 5.67. The molecule has 14 heavy (non-hydrogen) atoms. The van der Waals surface area contributed by atoms with Gasteiger partial charge in [-0.05, 0) is 18.6 Å². The topological polar surface area (TPSA) is 59.7 Å². The summed E-state index contributed by atoms with van der Waals surface area (Å²) in [6, 6.07) is 3.57. The van der Waals surface area contributed by atoms with Crippen LogP contribution in [0.25, 0.3) is 0 Å². The summed E-state index contributed by atoms with van der Waals surface area (Å²) in [5, 5.41) is 8.57. The molecule has 1 unspecified atom stereocenters. The Morgan fingerprint density at radius 2 is 2.50 bits per heavy atom. The Morgan fingerprint density at radius 1 is 1.71 bits per heavy atom. The van der Waals surface area contributed by atoms with Crippen molar-refractivity contribution in [3.63, 3.8) is 0 Å². The Bertz CT molecular complexity index is 266. The van der Waals surface area contributed by atoms with Gasteiger partial charge in [-0.3, -0.25) is 4.79 Å². The molecule has 1 N–H and O–H groups in total. The molecule has 0 amide bonds. The zero-order valence-corrected chi connectivity index (χ0v) is 8.10. The molecule has 0 radical (unpaired) electrons. The Morgan fingerprint density at radius 3 is 3.00 bits per heavy atom. The monoisotopic (exact) mass is 198 g/mol. The van der Waals surface area contributed by atoms with Crippen LogP contribution in [0.5, 0.6) is 0 Å². The average molecular weight is 198 g/mol. The highest BCUT2D eigenvalue weighted by Crippen LogP contribution is 2.09. The van der Waals surface area contributed by atoms with Crippen molar-refractivity contribution in [3.8, 4) is 0 Å². The molecule has 1 atom stereocenters. The molecule has 0 fully saturated rings. The van der Waals surface area contributed by atoms with Gasteiger partial charge in [-0.15, -0.1) is 0 Å². The van der Waals surface area contributed by atoms with Crippen molar-refractivity contribution < 1.29 is 19.1 Å². The lowest BCUT2D eigenvalue weighted by Gasteiger charge is -2.12. The fourth-order valence-electron chi connectivity index (χ4n) is 1.11. The van der Waals surface area contributed by atoms with Gasteiger partial charge in [0, 0.05) is 0 Å². The molecular weight excluding hydrogens is 184 g/mol. The van der Waals surface area contributed by atoms with Crippen LogP contribution < -0.4 is 0 Å². The largest absolute Gasteiger partial charge is 0.481 e. The average Bonchev–Trinajstić information content (AvgIpc) is 2.64. The van der Waals surface area contributed by atoms with E-state index >= 15 is 0 Å². The first-order valence-corrected chi connectivity index (χ1v) is 4.58. The maximum Gasteiger partial charge on any atom is 0.305 e. The van der Waals surface area contributed by atoms with Crippen molar-refractivity contribution in [3.05, 3.63) is 24.2 Å². The predicted molar refractivity (Wildman–Crippen MR) is 49.8 cm³/mol. The van der Waals surface area contributed by atoms with Crippen molar-refractivity contribution >= 4 is 5.97 Å². The first-order chi connectivity index (χ1) is 6.72. The van der Waals surface area contributed by atoms with Gasteiger partial charge in [0.05, 0.1) is 18.8 Å². The summed E-state index contributed by atoms with van der Waals surface area (Å²) in [7, 11) is 0. The van der Waals surface area contributed by atoms with E-state index in [1.54, 1.807) is 18.4 Å². The van der Waals surface area contributed by atoms with Gasteiger partial charge in [-0.25, -0.2) is 0 Å². The number of carbonyl (C=O) groups is 1. The second-order valence-electron chi connectivity index (χ2n) is 3.02. The molecule has 0 aliphatic carbocycles. The Kier molecular flexibility index (Phi) is 4.19. The van der Waals surface area contributed by atoms with E-state index in [9.17, 15) is 4.79 Å². The smallest absolute Gasteiger partial charge is 0.305 e. The lowest BCUT2D eigenvalue weighted by Crippen LogP contribution is -2.16. The van der Waals surface area contributed by atoms with E-state index in [1.165, 1.54) is 0 Å². The molecule has 1 heterocycles. The molecule has 0 spiro atoms. The fraction of sp³-hybridized carbons (Fsp3) is 0.500. The van der Waals surface area contributed by atoms with E-state index in [1.807, 2.05) is 6.92 Å². The van der Waals surface area contributed by atoms with E-state index in [4.69, 9.17) is 14.3 Å². The van der Waals surface area contributed by atoms with Gasteiger partial charge in [0.1, 0.15) is 12.4 Å². The van der Waals surface area contributed by atoms with Gasteiger partial charge in [0.25, 0.3) is 0 Å². The maximum atomic E-state index is 10.4. The molecule has 0 saturated heterocycles. The van der Waals surface area contributed by atoms with E-state index in [-0.39, 0.29) is 12.5 Å². The van der Waals surface area contributed by atoms with Crippen molar-refractivity contribution in [2.75, 3.05) is 0 Å². The van der Waals surface area contributed by atoms with E-state index < -0.39 is 5.97 Å². The van der Waals surface area contributed by atoms with Crippen LogP contribution in [0.2, 0.25) is 0 Å². The number of furan rings is 1. The van der Waals surface area contributed by atoms with E-state index in [0.717, 1.165) is 0 Å². The van der Waals surface area contributed by atoms with E-state index in [0.29, 0.717) is 18.8 Å². The van der Waals surface area contributed by atoms with Gasteiger partial charge in [-0.2, -0.15) is 0 Å². The Hall–Kier alpha value is -1.29. The lowest BCUT2D eigenvalue weighted by atomic mass is 10.2. The number of hydrogen-bond donors (Lipinski definition) is 1. The summed E-state index contributed by atoms with van der Waals surface area (Å²) in [5.74, 6) is -0.120.